The van der Waals surface area contributed by atoms with Crippen LogP contribution < -0.4 is 0 Å². The molecular formula is C17H16F3N5O2S. The Morgan fingerprint density at radius 3 is 2.71 bits per heavy atom. The van der Waals surface area contributed by atoms with Gasteiger partial charge in [-0.15, -0.1) is 21.5 Å². The Morgan fingerprint density at radius 2 is 2.04 bits per heavy atom. The summed E-state index contributed by atoms with van der Waals surface area (Å²) in [4.78, 5) is 12.9. The van der Waals surface area contributed by atoms with Gasteiger partial charge in [-0.25, -0.2) is 4.79 Å². The second kappa shape index (κ2) is 8.48. The van der Waals surface area contributed by atoms with Crippen LogP contribution in [0.1, 0.15) is 16.0 Å². The highest BCUT2D eigenvalue weighted by Gasteiger charge is 2.38. The number of thiophene rings is 1. The van der Waals surface area contributed by atoms with Gasteiger partial charge in [0.15, 0.2) is 0 Å². The number of nitrogens with zero attached hydrogens (tertiary/aromatic N) is 4. The molecular weight excluding hydrogens is 395 g/mol. The van der Waals surface area contributed by atoms with E-state index in [1.165, 1.54) is 16.0 Å². The molecule has 3 aromatic rings. The van der Waals surface area contributed by atoms with Crippen molar-refractivity contribution in [3.63, 3.8) is 0 Å². The molecule has 0 saturated heterocycles. The number of aromatic nitrogens is 4. The molecule has 28 heavy (non-hydrogen) atoms. The number of fused-ring (bicyclic) bond motifs is 1. The third-order valence-corrected chi connectivity index (χ3v) is 5.15. The van der Waals surface area contributed by atoms with Crippen molar-refractivity contribution in [2.24, 2.45) is 0 Å². The maximum Gasteiger partial charge on any atom is 0.490 e. The first-order valence-electron chi connectivity index (χ1n) is 8.24. The number of tetrazole rings is 1. The number of aromatic amines is 1. The Kier molecular flexibility index (Phi) is 6.05. The number of benzene rings is 1. The first-order chi connectivity index (χ1) is 13.3. The van der Waals surface area contributed by atoms with Crippen molar-refractivity contribution in [1.29, 1.82) is 0 Å². The Hall–Kier alpha value is -2.79. The Balaban J connectivity index is 0.000000279. The van der Waals surface area contributed by atoms with E-state index in [4.69, 9.17) is 9.90 Å². The van der Waals surface area contributed by atoms with Gasteiger partial charge in [-0.05, 0) is 34.2 Å². The van der Waals surface area contributed by atoms with Crippen molar-refractivity contribution >= 4 is 17.3 Å². The molecule has 3 heterocycles. The van der Waals surface area contributed by atoms with E-state index in [1.54, 1.807) is 0 Å². The second-order valence-electron chi connectivity index (χ2n) is 6.03. The average Bonchev–Trinajstić information content (AvgIpc) is 3.33. The van der Waals surface area contributed by atoms with E-state index in [2.05, 4.69) is 55.2 Å². The van der Waals surface area contributed by atoms with E-state index in [0.717, 1.165) is 31.6 Å². The number of H-pyrrole nitrogens is 1. The molecule has 1 aliphatic heterocycles. The highest BCUT2D eigenvalue weighted by molar-refractivity contribution is 7.10. The van der Waals surface area contributed by atoms with Crippen LogP contribution in [0.25, 0.3) is 11.4 Å². The van der Waals surface area contributed by atoms with Gasteiger partial charge in [0.2, 0.25) is 5.82 Å². The maximum absolute atomic E-state index is 10.6. The van der Waals surface area contributed by atoms with Crippen LogP contribution in [0, 0.1) is 0 Å². The number of carboxylic acid groups (broad SMARTS) is 1. The van der Waals surface area contributed by atoms with Gasteiger partial charge in [-0.2, -0.15) is 18.4 Å². The van der Waals surface area contributed by atoms with Crippen molar-refractivity contribution < 1.29 is 23.1 Å². The largest absolute Gasteiger partial charge is 0.490 e. The predicted octanol–water partition coefficient (Wildman–Crippen LogP) is 3.12. The van der Waals surface area contributed by atoms with Crippen molar-refractivity contribution in [1.82, 2.24) is 25.5 Å². The van der Waals surface area contributed by atoms with Gasteiger partial charge in [-0.1, -0.05) is 24.3 Å². The van der Waals surface area contributed by atoms with Crippen LogP contribution >= 0.6 is 11.3 Å². The minimum absolute atomic E-state index is 0.666. The lowest BCUT2D eigenvalue weighted by molar-refractivity contribution is -0.192. The molecule has 0 spiro atoms. The number of nitrogens with one attached hydrogen (secondary N) is 1. The fourth-order valence-corrected chi connectivity index (χ4v) is 3.72. The zero-order valence-electron chi connectivity index (χ0n) is 14.5. The lowest BCUT2D eigenvalue weighted by Crippen LogP contribution is -2.29. The van der Waals surface area contributed by atoms with E-state index in [9.17, 15) is 13.2 Å². The number of hydrogen-bond donors (Lipinski definition) is 2. The van der Waals surface area contributed by atoms with Crippen LogP contribution in [0.15, 0.2) is 35.7 Å². The molecule has 0 amide bonds. The SMILES string of the molecule is O=C(O)C(F)(F)F.c1ccc(-c2nn[nH]n2)c(CN2CCc3sccc3C2)c1. The van der Waals surface area contributed by atoms with Crippen LogP contribution in [-0.4, -0.2) is 49.3 Å². The molecule has 7 nitrogen and oxygen atoms in total. The minimum atomic E-state index is -5.08. The molecule has 1 aromatic carbocycles. The van der Waals surface area contributed by atoms with E-state index < -0.39 is 12.1 Å². The van der Waals surface area contributed by atoms with Crippen LogP contribution in [-0.2, 0) is 24.3 Å². The molecule has 0 radical (unpaired) electrons. The van der Waals surface area contributed by atoms with E-state index >= 15 is 0 Å². The third-order valence-electron chi connectivity index (χ3n) is 4.13. The zero-order valence-corrected chi connectivity index (χ0v) is 15.3. The molecule has 148 valence electrons. The van der Waals surface area contributed by atoms with Gasteiger partial charge in [0, 0.05) is 30.1 Å². The quantitative estimate of drug-likeness (QED) is 0.688. The molecule has 0 saturated carbocycles. The normalized spacial score (nSPS) is 14.1. The average molecular weight is 411 g/mol. The van der Waals surface area contributed by atoms with Crippen molar-refractivity contribution in [3.05, 3.63) is 51.7 Å². The van der Waals surface area contributed by atoms with Gasteiger partial charge < -0.3 is 5.11 Å². The number of carboxylic acids is 1. The summed E-state index contributed by atoms with van der Waals surface area (Å²) in [5.41, 5.74) is 3.78. The molecule has 0 atom stereocenters. The van der Waals surface area contributed by atoms with Crippen LogP contribution in [0.3, 0.4) is 0 Å². The zero-order chi connectivity index (χ0) is 20.1. The Morgan fingerprint density at radius 1 is 1.29 bits per heavy atom. The monoisotopic (exact) mass is 411 g/mol. The summed E-state index contributed by atoms with van der Waals surface area (Å²) in [6.07, 6.45) is -3.93. The summed E-state index contributed by atoms with van der Waals surface area (Å²) in [6, 6.07) is 10.5. The molecule has 2 N–H and O–H groups in total. The topological polar surface area (TPSA) is 95.0 Å². The fourth-order valence-electron chi connectivity index (χ4n) is 2.83. The minimum Gasteiger partial charge on any atom is -0.475 e. The summed E-state index contributed by atoms with van der Waals surface area (Å²) < 4.78 is 31.7. The number of aliphatic carboxylic acids is 1. The maximum atomic E-state index is 10.6. The van der Waals surface area contributed by atoms with Gasteiger partial charge in [0.05, 0.1) is 0 Å². The molecule has 0 bridgehead atoms. The summed E-state index contributed by atoms with van der Waals surface area (Å²) in [5.74, 6) is -2.09. The highest BCUT2D eigenvalue weighted by Crippen LogP contribution is 2.27. The standard InChI is InChI=1S/C15H15N5S.C2HF3O2/c1-2-4-13(15-16-18-19-17-15)11(3-1)9-20-7-5-14-12(10-20)6-8-21-14;3-2(4,5)1(6)7/h1-4,6,8H,5,7,9-10H2,(H,16,17,18,19);(H,6,7). The van der Waals surface area contributed by atoms with Gasteiger partial charge in [-0.3, -0.25) is 4.90 Å². The van der Waals surface area contributed by atoms with Gasteiger partial charge in [0.25, 0.3) is 0 Å². The Bertz CT molecular complexity index is 927. The van der Waals surface area contributed by atoms with E-state index in [0.29, 0.717) is 5.82 Å². The van der Waals surface area contributed by atoms with Crippen molar-refractivity contribution in [2.45, 2.75) is 25.7 Å². The molecule has 11 heteroatoms. The lowest BCUT2D eigenvalue weighted by atomic mass is 10.0. The first kappa shape index (κ1) is 20.0. The summed E-state index contributed by atoms with van der Waals surface area (Å²) in [5, 5.41) is 23.7. The smallest absolute Gasteiger partial charge is 0.475 e. The van der Waals surface area contributed by atoms with E-state index in [1.807, 2.05) is 17.4 Å². The van der Waals surface area contributed by atoms with Gasteiger partial charge >= 0.3 is 12.1 Å². The third kappa shape index (κ3) is 4.93. The molecule has 0 unspecified atom stereocenters. The van der Waals surface area contributed by atoms with Crippen molar-refractivity contribution in [2.75, 3.05) is 6.54 Å². The van der Waals surface area contributed by atoms with Gasteiger partial charge in [0.1, 0.15) is 0 Å². The molecule has 1 aliphatic rings. The summed E-state index contributed by atoms with van der Waals surface area (Å²) >= 11 is 1.88. The molecule has 0 fully saturated rings. The first-order valence-corrected chi connectivity index (χ1v) is 9.12. The van der Waals surface area contributed by atoms with E-state index in [-0.39, 0.29) is 0 Å². The van der Waals surface area contributed by atoms with Crippen LogP contribution in [0.2, 0.25) is 0 Å². The number of rotatable bonds is 3. The molecule has 0 aliphatic carbocycles. The number of halogens is 3. The number of carbonyl (C=O) groups is 1. The lowest BCUT2D eigenvalue weighted by Gasteiger charge is -2.27. The Labute approximate surface area is 161 Å². The number of alkyl halides is 3. The highest BCUT2D eigenvalue weighted by atomic mass is 32.1. The number of hydrogen-bond acceptors (Lipinski definition) is 6. The van der Waals surface area contributed by atoms with Crippen molar-refractivity contribution in [3.8, 4) is 11.4 Å². The van der Waals surface area contributed by atoms with Crippen LogP contribution in [0.4, 0.5) is 13.2 Å². The fraction of sp³-hybridized carbons (Fsp3) is 0.294. The second-order valence-corrected chi connectivity index (χ2v) is 7.03. The summed E-state index contributed by atoms with van der Waals surface area (Å²) in [7, 11) is 0. The predicted molar refractivity (Wildman–Crippen MR) is 95.4 cm³/mol. The molecule has 2 aromatic heterocycles. The summed E-state index contributed by atoms with van der Waals surface area (Å²) in [6.45, 7) is 3.05. The molecule has 4 rings (SSSR count). The van der Waals surface area contributed by atoms with Crippen LogP contribution in [0.5, 0.6) is 0 Å².